The fourth-order valence-electron chi connectivity index (χ4n) is 6.01. The molecule has 0 aromatic heterocycles. The first kappa shape index (κ1) is 29.6. The summed E-state index contributed by atoms with van der Waals surface area (Å²) in [5.41, 5.74) is -1.21. The molecule has 8 nitrogen and oxygen atoms in total. The monoisotopic (exact) mass is 573 g/mol. The van der Waals surface area contributed by atoms with Crippen LogP contribution in [0.25, 0.3) is 0 Å². The molecule has 2 unspecified atom stereocenters. The third-order valence-corrected chi connectivity index (χ3v) is 10.1. The van der Waals surface area contributed by atoms with E-state index >= 15 is 0 Å². The molecule has 1 aromatic rings. The second kappa shape index (κ2) is 10.6. The topological polar surface area (TPSA) is 98.2 Å². The van der Waals surface area contributed by atoms with Gasteiger partial charge in [-0.25, -0.2) is 13.2 Å². The zero-order valence-corrected chi connectivity index (χ0v) is 23.6. The number of hydrogen-bond donors (Lipinski definition) is 1. The van der Waals surface area contributed by atoms with Crippen molar-refractivity contribution in [3.63, 3.8) is 0 Å². The van der Waals surface area contributed by atoms with Gasteiger partial charge in [-0.05, 0) is 79.5 Å². The van der Waals surface area contributed by atoms with E-state index in [9.17, 15) is 36.3 Å². The van der Waals surface area contributed by atoms with Crippen molar-refractivity contribution in [3.8, 4) is 0 Å². The summed E-state index contributed by atoms with van der Waals surface area (Å²) in [5, 5.41) is 9.70. The molecule has 3 fully saturated rings. The van der Waals surface area contributed by atoms with E-state index in [1.807, 2.05) is 25.7 Å². The van der Waals surface area contributed by atoms with Crippen LogP contribution in [0.1, 0.15) is 58.4 Å². The molecule has 4 rings (SSSR count). The van der Waals surface area contributed by atoms with Crippen LogP contribution in [-0.4, -0.2) is 78.4 Å². The number of sulfonamides is 1. The summed E-state index contributed by atoms with van der Waals surface area (Å²) in [6, 6.07) is 2.46. The Labute approximate surface area is 228 Å². The van der Waals surface area contributed by atoms with Crippen LogP contribution in [0.15, 0.2) is 29.2 Å². The van der Waals surface area contributed by atoms with Crippen LogP contribution in [-0.2, 0) is 21.0 Å². The molecular weight excluding hydrogens is 535 g/mol. The molecule has 2 amide bonds. The maximum Gasteiger partial charge on any atom is 0.416 e. The number of carbonyl (C=O) groups is 2. The molecule has 218 valence electrons. The number of fused-ring (bicyclic) bond motifs is 1. The number of carboxylic acid groups (broad SMARTS) is 1. The van der Waals surface area contributed by atoms with Gasteiger partial charge in [0.1, 0.15) is 6.04 Å². The second-order valence-corrected chi connectivity index (χ2v) is 14.5. The van der Waals surface area contributed by atoms with Crippen molar-refractivity contribution in [1.29, 1.82) is 0 Å². The highest BCUT2D eigenvalue weighted by molar-refractivity contribution is 7.89. The van der Waals surface area contributed by atoms with Gasteiger partial charge in [0, 0.05) is 32.7 Å². The number of carbonyl (C=O) groups excluding carboxylic acids is 1. The molecule has 2 aliphatic carbocycles. The van der Waals surface area contributed by atoms with Crippen LogP contribution in [0, 0.1) is 23.2 Å². The molecule has 1 heterocycles. The Morgan fingerprint density at radius 2 is 1.67 bits per heavy atom. The lowest BCUT2D eigenvalue weighted by Crippen LogP contribution is -2.55. The summed E-state index contributed by atoms with van der Waals surface area (Å²) < 4.78 is 66.9. The largest absolute Gasteiger partial charge is 0.465 e. The average molecular weight is 574 g/mol. The van der Waals surface area contributed by atoms with E-state index in [0.29, 0.717) is 25.3 Å². The van der Waals surface area contributed by atoms with E-state index in [4.69, 9.17) is 0 Å². The number of alkyl halides is 3. The first-order valence-corrected chi connectivity index (χ1v) is 14.9. The zero-order chi connectivity index (χ0) is 28.9. The summed E-state index contributed by atoms with van der Waals surface area (Å²) in [4.78, 5) is 28.6. The summed E-state index contributed by atoms with van der Waals surface area (Å²) in [6.45, 7) is 6.82. The SMILES string of the molecule is CN(C(=O)O)[C@@H](CC(C)(C)C)C(=O)N(CC1CC1)C1CC[C@@H]2CN(S(=O)(=O)c3ccc(C(F)(F)F)cc3)CC12. The third-order valence-electron chi connectivity index (χ3n) is 8.30. The Kier molecular flexibility index (Phi) is 8.03. The van der Waals surface area contributed by atoms with E-state index in [1.54, 1.807) is 0 Å². The van der Waals surface area contributed by atoms with E-state index in [-0.39, 0.29) is 47.2 Å². The molecule has 1 saturated heterocycles. The fraction of sp³-hybridized carbons (Fsp3) is 0.704. The highest BCUT2D eigenvalue weighted by Gasteiger charge is 2.51. The van der Waals surface area contributed by atoms with Crippen LogP contribution in [0.4, 0.5) is 18.0 Å². The standard InChI is InChI=1S/C27H38F3N3O5S/c1-26(2,3)13-23(31(4)25(35)36)24(34)33(14-17-5-6-17)22-12-7-18-15-32(16-21(18)22)39(37,38)20-10-8-19(9-11-20)27(28,29)30/h8-11,17-18,21-23H,5-7,12-16H2,1-4H3,(H,35,36)/t18-,21?,22?,23+/m1/s1. The highest BCUT2D eigenvalue weighted by Crippen LogP contribution is 2.44. The third kappa shape index (κ3) is 6.53. The maximum absolute atomic E-state index is 14.0. The minimum absolute atomic E-state index is 0.0204. The fourth-order valence-corrected chi connectivity index (χ4v) is 7.54. The average Bonchev–Trinajstić information content (AvgIpc) is 3.41. The predicted molar refractivity (Wildman–Crippen MR) is 138 cm³/mol. The molecule has 3 aliphatic rings. The Morgan fingerprint density at radius 1 is 1.05 bits per heavy atom. The van der Waals surface area contributed by atoms with Crippen molar-refractivity contribution < 1.29 is 36.3 Å². The van der Waals surface area contributed by atoms with Crippen molar-refractivity contribution in [2.45, 2.75) is 76.0 Å². The number of likely N-dealkylation sites (N-methyl/N-ethyl adjacent to an activating group) is 1. The van der Waals surface area contributed by atoms with Gasteiger partial charge >= 0.3 is 12.3 Å². The molecule has 2 saturated carbocycles. The summed E-state index contributed by atoms with van der Waals surface area (Å²) in [7, 11) is -2.60. The van der Waals surface area contributed by atoms with Crippen molar-refractivity contribution in [2.24, 2.45) is 23.2 Å². The molecule has 1 aromatic carbocycles. The van der Waals surface area contributed by atoms with Gasteiger partial charge < -0.3 is 10.0 Å². The number of halogens is 3. The van der Waals surface area contributed by atoms with Crippen molar-refractivity contribution in [3.05, 3.63) is 29.8 Å². The lowest BCUT2D eigenvalue weighted by atomic mass is 9.86. The minimum atomic E-state index is -4.56. The van der Waals surface area contributed by atoms with Gasteiger partial charge in [-0.2, -0.15) is 17.5 Å². The zero-order valence-electron chi connectivity index (χ0n) is 22.8. The van der Waals surface area contributed by atoms with Gasteiger partial charge in [0.15, 0.2) is 0 Å². The second-order valence-electron chi connectivity index (χ2n) is 12.5. The molecule has 4 atom stereocenters. The summed E-state index contributed by atoms with van der Waals surface area (Å²) >= 11 is 0. The van der Waals surface area contributed by atoms with Gasteiger partial charge in [0.2, 0.25) is 15.9 Å². The van der Waals surface area contributed by atoms with Gasteiger partial charge in [0.25, 0.3) is 0 Å². The number of hydrogen-bond acceptors (Lipinski definition) is 4. The predicted octanol–water partition coefficient (Wildman–Crippen LogP) is 4.76. The molecular formula is C27H38F3N3O5S. The van der Waals surface area contributed by atoms with Crippen molar-refractivity contribution in [1.82, 2.24) is 14.1 Å². The van der Waals surface area contributed by atoms with Gasteiger partial charge in [0.05, 0.1) is 10.5 Å². The molecule has 12 heteroatoms. The van der Waals surface area contributed by atoms with Crippen LogP contribution in [0.5, 0.6) is 0 Å². The van der Waals surface area contributed by atoms with Crippen LogP contribution < -0.4 is 0 Å². The van der Waals surface area contributed by atoms with Gasteiger partial charge in [-0.1, -0.05) is 20.8 Å². The van der Waals surface area contributed by atoms with E-state index in [2.05, 4.69) is 0 Å². The molecule has 0 spiro atoms. The quantitative estimate of drug-likeness (QED) is 0.484. The van der Waals surface area contributed by atoms with E-state index in [1.165, 1.54) is 11.4 Å². The minimum Gasteiger partial charge on any atom is -0.465 e. The Hall–Kier alpha value is -2.34. The van der Waals surface area contributed by atoms with E-state index < -0.39 is 33.9 Å². The number of benzene rings is 1. The normalized spacial score (nSPS) is 24.8. The Morgan fingerprint density at radius 3 is 2.18 bits per heavy atom. The first-order valence-electron chi connectivity index (χ1n) is 13.4. The van der Waals surface area contributed by atoms with Gasteiger partial charge in [-0.15, -0.1) is 0 Å². The first-order chi connectivity index (χ1) is 18.0. The number of rotatable bonds is 8. The van der Waals surface area contributed by atoms with Crippen LogP contribution >= 0.6 is 0 Å². The molecule has 1 aliphatic heterocycles. The smallest absolute Gasteiger partial charge is 0.416 e. The van der Waals surface area contributed by atoms with Gasteiger partial charge in [-0.3, -0.25) is 9.69 Å². The van der Waals surface area contributed by atoms with Crippen LogP contribution in [0.2, 0.25) is 0 Å². The molecule has 1 N–H and O–H groups in total. The summed E-state index contributed by atoms with van der Waals surface area (Å²) in [6.07, 6.45) is -1.96. The Bertz CT molecular complexity index is 1180. The lowest BCUT2D eigenvalue weighted by molar-refractivity contribution is -0.140. The van der Waals surface area contributed by atoms with Crippen molar-refractivity contribution >= 4 is 22.0 Å². The summed E-state index contributed by atoms with van der Waals surface area (Å²) in [5.74, 6) is 0.0116. The highest BCUT2D eigenvalue weighted by atomic mass is 32.2. The maximum atomic E-state index is 14.0. The van der Waals surface area contributed by atoms with E-state index in [0.717, 1.165) is 48.4 Å². The van der Waals surface area contributed by atoms with Crippen LogP contribution in [0.3, 0.4) is 0 Å². The number of amides is 2. The molecule has 0 bridgehead atoms. The molecule has 0 radical (unpaired) electrons. The Balaban J connectivity index is 1.56. The van der Waals surface area contributed by atoms with Crippen molar-refractivity contribution in [2.75, 3.05) is 26.7 Å². The number of nitrogens with zero attached hydrogens (tertiary/aromatic N) is 3. The lowest BCUT2D eigenvalue weighted by Gasteiger charge is -2.39. The molecule has 39 heavy (non-hydrogen) atoms.